The van der Waals surface area contributed by atoms with Gasteiger partial charge in [0.1, 0.15) is 13.2 Å². The SMILES string of the molecule is CC(NC(=O)c1cnn(-c2ccccc2)c1)c1ccc2c(c1)OCCO2. The van der Waals surface area contributed by atoms with Crippen LogP contribution in [0.2, 0.25) is 0 Å². The fraction of sp³-hybridized carbons (Fsp3) is 0.200. The van der Waals surface area contributed by atoms with Gasteiger partial charge in [-0.05, 0) is 36.8 Å². The Hall–Kier alpha value is -3.28. The predicted molar refractivity (Wildman–Crippen MR) is 96.9 cm³/mol. The van der Waals surface area contributed by atoms with Gasteiger partial charge >= 0.3 is 0 Å². The summed E-state index contributed by atoms with van der Waals surface area (Å²) in [5.74, 6) is 1.28. The van der Waals surface area contributed by atoms with Gasteiger partial charge in [-0.3, -0.25) is 4.79 Å². The Morgan fingerprint density at radius 2 is 1.88 bits per heavy atom. The molecule has 1 amide bonds. The third-order valence-electron chi connectivity index (χ3n) is 4.28. The van der Waals surface area contributed by atoms with Crippen LogP contribution in [0.15, 0.2) is 60.9 Å². The molecule has 0 radical (unpaired) electrons. The molecule has 1 aliphatic heterocycles. The van der Waals surface area contributed by atoms with Gasteiger partial charge in [-0.25, -0.2) is 4.68 Å². The molecule has 4 rings (SSSR count). The largest absolute Gasteiger partial charge is 0.486 e. The van der Waals surface area contributed by atoms with E-state index in [0.29, 0.717) is 24.5 Å². The Balaban J connectivity index is 1.47. The number of rotatable bonds is 4. The van der Waals surface area contributed by atoms with Crippen molar-refractivity contribution in [1.82, 2.24) is 15.1 Å². The van der Waals surface area contributed by atoms with E-state index in [2.05, 4.69) is 10.4 Å². The van der Waals surface area contributed by atoms with Crippen LogP contribution in [-0.2, 0) is 0 Å². The number of ether oxygens (including phenoxy) is 2. The molecule has 1 atom stereocenters. The Morgan fingerprint density at radius 3 is 2.69 bits per heavy atom. The smallest absolute Gasteiger partial charge is 0.254 e. The van der Waals surface area contributed by atoms with Crippen molar-refractivity contribution in [3.8, 4) is 17.2 Å². The number of nitrogens with zero attached hydrogens (tertiary/aromatic N) is 2. The number of aromatic nitrogens is 2. The lowest BCUT2D eigenvalue weighted by molar-refractivity contribution is 0.0939. The molecule has 0 aliphatic carbocycles. The Kier molecular flexibility index (Phi) is 4.31. The van der Waals surface area contributed by atoms with Crippen LogP contribution in [0.5, 0.6) is 11.5 Å². The monoisotopic (exact) mass is 349 g/mol. The average molecular weight is 349 g/mol. The van der Waals surface area contributed by atoms with Crippen LogP contribution in [0.1, 0.15) is 28.9 Å². The molecule has 132 valence electrons. The van der Waals surface area contributed by atoms with Gasteiger partial charge in [-0.2, -0.15) is 5.10 Å². The molecule has 0 saturated heterocycles. The van der Waals surface area contributed by atoms with Crippen molar-refractivity contribution < 1.29 is 14.3 Å². The topological polar surface area (TPSA) is 65.4 Å². The van der Waals surface area contributed by atoms with Gasteiger partial charge in [0.2, 0.25) is 0 Å². The van der Waals surface area contributed by atoms with Gasteiger partial charge in [0, 0.05) is 6.20 Å². The van der Waals surface area contributed by atoms with E-state index in [4.69, 9.17) is 9.47 Å². The second-order valence-corrected chi connectivity index (χ2v) is 6.11. The van der Waals surface area contributed by atoms with E-state index in [1.807, 2.05) is 55.5 Å². The van der Waals surface area contributed by atoms with Crippen molar-refractivity contribution in [3.05, 3.63) is 72.1 Å². The number of fused-ring (bicyclic) bond motifs is 1. The van der Waals surface area contributed by atoms with Gasteiger partial charge in [-0.1, -0.05) is 24.3 Å². The molecule has 1 aromatic heterocycles. The summed E-state index contributed by atoms with van der Waals surface area (Å²) in [7, 11) is 0. The second kappa shape index (κ2) is 6.92. The van der Waals surface area contributed by atoms with E-state index >= 15 is 0 Å². The lowest BCUT2D eigenvalue weighted by Crippen LogP contribution is -2.26. The normalized spacial score (nSPS) is 13.9. The zero-order valence-electron chi connectivity index (χ0n) is 14.4. The van der Waals surface area contributed by atoms with E-state index in [-0.39, 0.29) is 11.9 Å². The summed E-state index contributed by atoms with van der Waals surface area (Å²) in [5.41, 5.74) is 2.38. The van der Waals surface area contributed by atoms with Gasteiger partial charge in [0.05, 0.1) is 23.5 Å². The summed E-state index contributed by atoms with van der Waals surface area (Å²) < 4.78 is 12.8. The molecule has 6 nitrogen and oxygen atoms in total. The van der Waals surface area contributed by atoms with Crippen molar-refractivity contribution >= 4 is 5.91 Å². The summed E-state index contributed by atoms with van der Waals surface area (Å²) in [5, 5.41) is 7.26. The summed E-state index contributed by atoms with van der Waals surface area (Å²) >= 11 is 0. The highest BCUT2D eigenvalue weighted by atomic mass is 16.6. The number of hydrogen-bond acceptors (Lipinski definition) is 4. The lowest BCUT2D eigenvalue weighted by atomic mass is 10.1. The molecular formula is C20H19N3O3. The van der Waals surface area contributed by atoms with Crippen LogP contribution in [0.3, 0.4) is 0 Å². The molecule has 0 bridgehead atoms. The summed E-state index contributed by atoms with van der Waals surface area (Å²) in [6, 6.07) is 15.2. The highest BCUT2D eigenvalue weighted by Crippen LogP contribution is 2.32. The zero-order valence-corrected chi connectivity index (χ0v) is 14.4. The van der Waals surface area contributed by atoms with E-state index in [1.165, 1.54) is 0 Å². The number of benzene rings is 2. The van der Waals surface area contributed by atoms with Crippen molar-refractivity contribution in [3.63, 3.8) is 0 Å². The maximum Gasteiger partial charge on any atom is 0.254 e. The number of amides is 1. The Morgan fingerprint density at radius 1 is 1.12 bits per heavy atom. The molecule has 1 unspecified atom stereocenters. The van der Waals surface area contributed by atoms with Crippen molar-refractivity contribution in [2.75, 3.05) is 13.2 Å². The van der Waals surface area contributed by atoms with Gasteiger partial charge in [0.25, 0.3) is 5.91 Å². The summed E-state index contributed by atoms with van der Waals surface area (Å²) in [6.45, 7) is 3.03. The summed E-state index contributed by atoms with van der Waals surface area (Å²) in [4.78, 5) is 12.5. The molecule has 26 heavy (non-hydrogen) atoms. The standard InChI is InChI=1S/C20H19N3O3/c1-14(15-7-8-18-19(11-15)26-10-9-25-18)22-20(24)16-12-21-23(13-16)17-5-3-2-4-6-17/h2-8,11-14H,9-10H2,1H3,(H,22,24). The number of para-hydroxylation sites is 1. The maximum absolute atomic E-state index is 12.5. The molecule has 0 saturated carbocycles. The van der Waals surface area contributed by atoms with E-state index < -0.39 is 0 Å². The van der Waals surface area contributed by atoms with Crippen molar-refractivity contribution in [2.24, 2.45) is 0 Å². The highest BCUT2D eigenvalue weighted by Gasteiger charge is 2.17. The van der Waals surface area contributed by atoms with Gasteiger partial charge in [0.15, 0.2) is 11.5 Å². The van der Waals surface area contributed by atoms with Crippen molar-refractivity contribution in [2.45, 2.75) is 13.0 Å². The molecule has 1 N–H and O–H groups in total. The lowest BCUT2D eigenvalue weighted by Gasteiger charge is -2.21. The minimum Gasteiger partial charge on any atom is -0.486 e. The third kappa shape index (κ3) is 3.26. The minimum atomic E-state index is -0.172. The van der Waals surface area contributed by atoms with E-state index in [0.717, 1.165) is 17.0 Å². The molecule has 2 heterocycles. The van der Waals surface area contributed by atoms with Gasteiger partial charge in [-0.15, -0.1) is 0 Å². The molecule has 0 fully saturated rings. The Labute approximate surface area is 151 Å². The molecule has 6 heteroatoms. The molecule has 0 spiro atoms. The first-order chi connectivity index (χ1) is 12.7. The van der Waals surface area contributed by atoms with Crippen LogP contribution < -0.4 is 14.8 Å². The number of hydrogen-bond donors (Lipinski definition) is 1. The van der Waals surface area contributed by atoms with Crippen LogP contribution >= 0.6 is 0 Å². The van der Waals surface area contributed by atoms with Crippen molar-refractivity contribution in [1.29, 1.82) is 0 Å². The number of carbonyl (C=O) groups is 1. The maximum atomic E-state index is 12.5. The fourth-order valence-corrected chi connectivity index (χ4v) is 2.85. The predicted octanol–water partition coefficient (Wildman–Crippen LogP) is 3.13. The first-order valence-electron chi connectivity index (χ1n) is 8.51. The van der Waals surface area contributed by atoms with E-state index in [1.54, 1.807) is 17.1 Å². The first-order valence-corrected chi connectivity index (χ1v) is 8.51. The Bertz CT molecular complexity index is 921. The van der Waals surface area contributed by atoms with Gasteiger partial charge < -0.3 is 14.8 Å². The molecule has 2 aromatic carbocycles. The number of nitrogens with one attached hydrogen (secondary N) is 1. The third-order valence-corrected chi connectivity index (χ3v) is 4.28. The van der Waals surface area contributed by atoms with E-state index in [9.17, 15) is 4.79 Å². The van der Waals surface area contributed by atoms with Crippen LogP contribution in [0, 0.1) is 0 Å². The van der Waals surface area contributed by atoms with Crippen LogP contribution in [0.25, 0.3) is 5.69 Å². The molecule has 1 aliphatic rings. The minimum absolute atomic E-state index is 0.168. The fourth-order valence-electron chi connectivity index (χ4n) is 2.85. The highest BCUT2D eigenvalue weighted by molar-refractivity contribution is 5.94. The molecule has 3 aromatic rings. The quantitative estimate of drug-likeness (QED) is 0.786. The number of carbonyl (C=O) groups excluding carboxylic acids is 1. The average Bonchev–Trinajstić information content (AvgIpc) is 3.18. The first kappa shape index (κ1) is 16.2. The molecular weight excluding hydrogens is 330 g/mol. The second-order valence-electron chi connectivity index (χ2n) is 6.11. The van der Waals surface area contributed by atoms with Crippen LogP contribution in [0.4, 0.5) is 0 Å². The zero-order chi connectivity index (χ0) is 17.9. The summed E-state index contributed by atoms with van der Waals surface area (Å²) in [6.07, 6.45) is 3.29. The van der Waals surface area contributed by atoms with Crippen LogP contribution in [-0.4, -0.2) is 28.9 Å².